The van der Waals surface area contributed by atoms with Crippen LogP contribution in [0, 0.1) is 0 Å². The summed E-state index contributed by atoms with van der Waals surface area (Å²) in [5, 5.41) is 28.3. The van der Waals surface area contributed by atoms with Gasteiger partial charge in [0.2, 0.25) is 0 Å². The van der Waals surface area contributed by atoms with Crippen LogP contribution in [0.15, 0.2) is 96.2 Å². The molecule has 42 heavy (non-hydrogen) atoms. The summed E-state index contributed by atoms with van der Waals surface area (Å²) in [6.45, 7) is -0.0901. The summed E-state index contributed by atoms with van der Waals surface area (Å²) in [6, 6.07) is 24.9. The highest BCUT2D eigenvalue weighted by atomic mass is 16.6. The minimum Gasteiger partial charge on any atom is -0.497 e. The number of rotatable bonds is 9. The van der Waals surface area contributed by atoms with E-state index in [1.807, 2.05) is 78.9 Å². The number of aliphatic hydroxyl groups excluding tert-OH is 2. The van der Waals surface area contributed by atoms with Gasteiger partial charge < -0.3 is 29.2 Å². The second-order valence-corrected chi connectivity index (χ2v) is 9.95. The highest BCUT2D eigenvalue weighted by Crippen LogP contribution is 2.43. The number of hydrogen-bond acceptors (Lipinski definition) is 9. The molecule has 0 spiro atoms. The number of benzene rings is 3. The van der Waals surface area contributed by atoms with E-state index in [9.17, 15) is 15.0 Å². The van der Waals surface area contributed by atoms with Crippen molar-refractivity contribution >= 4 is 11.0 Å². The van der Waals surface area contributed by atoms with Gasteiger partial charge in [0.05, 0.1) is 38.9 Å². The van der Waals surface area contributed by atoms with Gasteiger partial charge in [-0.05, 0) is 41.0 Å². The number of methoxy groups -OCH3 is 2. The zero-order valence-electron chi connectivity index (χ0n) is 23.0. The summed E-state index contributed by atoms with van der Waals surface area (Å²) in [6.07, 6.45) is -1.74. The maximum Gasteiger partial charge on any atom is 0.292 e. The van der Waals surface area contributed by atoms with Crippen molar-refractivity contribution in [1.82, 2.24) is 19.7 Å². The topological polar surface area (TPSA) is 141 Å². The van der Waals surface area contributed by atoms with Gasteiger partial charge >= 0.3 is 0 Å². The number of nitrogens with one attached hydrogen (secondary N) is 1. The average molecular weight is 571 g/mol. The van der Waals surface area contributed by atoms with Gasteiger partial charge in [0.25, 0.3) is 5.56 Å². The summed E-state index contributed by atoms with van der Waals surface area (Å²) < 4.78 is 25.3. The third kappa shape index (κ3) is 4.72. The summed E-state index contributed by atoms with van der Waals surface area (Å²) >= 11 is 0. The molecule has 5 aromatic rings. The quantitative estimate of drug-likeness (QED) is 0.228. The molecule has 1 saturated heterocycles. The Morgan fingerprint density at radius 2 is 1.48 bits per heavy atom. The van der Waals surface area contributed by atoms with Gasteiger partial charge in [-0.2, -0.15) is 5.10 Å². The van der Waals surface area contributed by atoms with Crippen LogP contribution in [0.5, 0.6) is 11.5 Å². The highest BCUT2D eigenvalue weighted by Gasteiger charge is 2.46. The van der Waals surface area contributed by atoms with E-state index < -0.39 is 35.7 Å². The van der Waals surface area contributed by atoms with Crippen LogP contribution < -0.4 is 15.0 Å². The molecule has 0 saturated carbocycles. The molecule has 1 unspecified atom stereocenters. The third-order valence-electron chi connectivity index (χ3n) is 7.65. The Hall–Kier alpha value is -4.55. The van der Waals surface area contributed by atoms with E-state index in [1.54, 1.807) is 14.2 Å². The fourth-order valence-electron chi connectivity index (χ4n) is 5.46. The number of aliphatic hydroxyl groups is 2. The maximum absolute atomic E-state index is 12.1. The minimum absolute atomic E-state index is 0.0901. The van der Waals surface area contributed by atoms with Crippen LogP contribution in [0.1, 0.15) is 22.9 Å². The first-order chi connectivity index (χ1) is 20.5. The molecule has 11 heteroatoms. The van der Waals surface area contributed by atoms with Gasteiger partial charge in [-0.15, -0.1) is 0 Å². The van der Waals surface area contributed by atoms with E-state index in [0.717, 1.165) is 16.7 Å². The number of fused-ring (bicyclic) bond motifs is 1. The van der Waals surface area contributed by atoms with Crippen molar-refractivity contribution in [2.75, 3.05) is 20.8 Å². The van der Waals surface area contributed by atoms with Crippen molar-refractivity contribution in [2.24, 2.45) is 0 Å². The van der Waals surface area contributed by atoms with Crippen LogP contribution in [-0.2, 0) is 15.1 Å². The second-order valence-electron chi connectivity index (χ2n) is 9.95. The van der Waals surface area contributed by atoms with Gasteiger partial charge in [-0.25, -0.2) is 10.1 Å². The fourth-order valence-corrected chi connectivity index (χ4v) is 5.46. The predicted octanol–water partition coefficient (Wildman–Crippen LogP) is 2.76. The molecule has 1 aliphatic heterocycles. The Bertz CT molecular complexity index is 1660. The Morgan fingerprint density at radius 3 is 2.07 bits per heavy atom. The number of aromatic amines is 1. The van der Waals surface area contributed by atoms with E-state index in [4.69, 9.17) is 18.9 Å². The van der Waals surface area contributed by atoms with Gasteiger partial charge in [0, 0.05) is 0 Å². The molecule has 11 nitrogen and oxygen atoms in total. The standard InChI is InChI=1S/C31H30N4O7/c1-39-22-12-8-20(9-13-22)31(19-6-4-3-5-7-19,21-10-14-23(40-2)15-11-21)41-17-25-27(36)28(37)30(42-25)35-18-32-26-24(35)16-33-34-29(26)38/h3-16,18,25,27-28,30,36-37H,17H2,1-2H3,(H,34,38)/t25-,27-,28-,30?/m1/s1. The lowest BCUT2D eigenvalue weighted by Crippen LogP contribution is -2.39. The number of H-pyrrole nitrogens is 1. The largest absolute Gasteiger partial charge is 0.497 e. The fraction of sp³-hybridized carbons (Fsp3) is 0.258. The molecule has 4 atom stereocenters. The van der Waals surface area contributed by atoms with Crippen molar-refractivity contribution in [1.29, 1.82) is 0 Å². The number of nitrogens with zero attached hydrogens (tertiary/aromatic N) is 3. The lowest BCUT2D eigenvalue weighted by Gasteiger charge is -2.37. The Morgan fingerprint density at radius 1 is 0.881 bits per heavy atom. The zero-order valence-corrected chi connectivity index (χ0v) is 23.0. The molecule has 3 N–H and O–H groups in total. The van der Waals surface area contributed by atoms with E-state index in [1.165, 1.54) is 17.1 Å². The lowest BCUT2D eigenvalue weighted by atomic mass is 9.80. The molecule has 2 aromatic heterocycles. The molecular formula is C31H30N4O7. The molecule has 6 rings (SSSR count). The van der Waals surface area contributed by atoms with E-state index in [2.05, 4.69) is 15.2 Å². The van der Waals surface area contributed by atoms with Crippen molar-refractivity contribution < 1.29 is 29.2 Å². The summed E-state index contributed by atoms with van der Waals surface area (Å²) in [5.74, 6) is 1.38. The molecule has 0 bridgehead atoms. The average Bonchev–Trinajstić information content (AvgIpc) is 3.59. The first-order valence-corrected chi connectivity index (χ1v) is 13.4. The summed E-state index contributed by atoms with van der Waals surface area (Å²) in [4.78, 5) is 16.3. The van der Waals surface area contributed by atoms with Crippen LogP contribution in [0.3, 0.4) is 0 Å². The van der Waals surface area contributed by atoms with Crippen molar-refractivity contribution in [2.45, 2.75) is 30.1 Å². The molecule has 216 valence electrons. The van der Waals surface area contributed by atoms with E-state index in [-0.39, 0.29) is 12.1 Å². The van der Waals surface area contributed by atoms with Gasteiger partial charge in [0.1, 0.15) is 35.4 Å². The molecular weight excluding hydrogens is 540 g/mol. The number of ether oxygens (including phenoxy) is 4. The van der Waals surface area contributed by atoms with E-state index in [0.29, 0.717) is 17.0 Å². The Balaban J connectivity index is 1.39. The first kappa shape index (κ1) is 27.6. The van der Waals surface area contributed by atoms with Crippen LogP contribution in [0.2, 0.25) is 0 Å². The zero-order chi connectivity index (χ0) is 29.3. The maximum atomic E-state index is 12.1. The minimum atomic E-state index is -1.32. The molecule has 1 aliphatic rings. The van der Waals surface area contributed by atoms with Crippen LogP contribution in [-0.4, -0.2) is 69.1 Å². The van der Waals surface area contributed by atoms with E-state index >= 15 is 0 Å². The van der Waals surface area contributed by atoms with Crippen LogP contribution >= 0.6 is 0 Å². The SMILES string of the molecule is COc1ccc(C(OC[C@H]2OC(n3cnc4c(=O)[nH]ncc43)[C@H](O)[C@@H]2O)(c2ccccc2)c2ccc(OC)cc2)cc1. The molecule has 3 aromatic carbocycles. The van der Waals surface area contributed by atoms with Gasteiger partial charge in [-0.3, -0.25) is 9.36 Å². The Labute approximate surface area is 240 Å². The Kier molecular flexibility index (Phi) is 7.48. The predicted molar refractivity (Wildman–Crippen MR) is 152 cm³/mol. The number of aromatic nitrogens is 4. The highest BCUT2D eigenvalue weighted by molar-refractivity contribution is 5.72. The monoisotopic (exact) mass is 570 g/mol. The van der Waals surface area contributed by atoms with Crippen molar-refractivity contribution in [3.63, 3.8) is 0 Å². The van der Waals surface area contributed by atoms with Crippen LogP contribution in [0.25, 0.3) is 11.0 Å². The number of imidazole rings is 1. The van der Waals surface area contributed by atoms with Gasteiger partial charge in [0.15, 0.2) is 11.7 Å². The first-order valence-electron chi connectivity index (χ1n) is 13.4. The van der Waals surface area contributed by atoms with Crippen molar-refractivity contribution in [3.8, 4) is 11.5 Å². The molecule has 0 amide bonds. The third-order valence-corrected chi connectivity index (χ3v) is 7.65. The van der Waals surface area contributed by atoms with Crippen LogP contribution in [0.4, 0.5) is 0 Å². The molecule has 1 fully saturated rings. The normalized spacial score (nSPS) is 20.6. The smallest absolute Gasteiger partial charge is 0.292 e. The van der Waals surface area contributed by atoms with Gasteiger partial charge in [-0.1, -0.05) is 54.6 Å². The lowest BCUT2D eigenvalue weighted by molar-refractivity contribution is -0.0941. The summed E-state index contributed by atoms with van der Waals surface area (Å²) in [5.41, 5.74) is 1.39. The van der Waals surface area contributed by atoms with Crippen molar-refractivity contribution in [3.05, 3.63) is 118 Å². The second kappa shape index (κ2) is 11.4. The number of hydrogen-bond donors (Lipinski definition) is 3. The molecule has 0 radical (unpaired) electrons. The summed E-state index contributed by atoms with van der Waals surface area (Å²) in [7, 11) is 3.21. The molecule has 3 heterocycles. The molecule has 0 aliphatic carbocycles.